The predicted octanol–water partition coefficient (Wildman–Crippen LogP) is 2.25. The van der Waals surface area contributed by atoms with Crippen LogP contribution in [0.2, 0.25) is 0 Å². The Morgan fingerprint density at radius 3 is 2.82 bits per heavy atom. The lowest BCUT2D eigenvalue weighted by Gasteiger charge is -2.36. The van der Waals surface area contributed by atoms with Crippen molar-refractivity contribution in [3.8, 4) is 0 Å². The fraction of sp³-hybridized carbons (Fsp3) is 0.462. The molecular weight excluding hydrogens is 232 g/mol. The molecule has 0 aromatic heterocycles. The second-order valence-electron chi connectivity index (χ2n) is 4.28. The normalized spacial score (nSPS) is 21.2. The molecule has 0 bridgehead atoms. The number of nitrogens with two attached hydrogens (primary N) is 1. The number of carbonyl (C=O) groups is 1. The van der Waals surface area contributed by atoms with Gasteiger partial charge in [0, 0.05) is 17.5 Å². The number of nitrogens with zero attached hydrogens (tertiary/aromatic N) is 1. The van der Waals surface area contributed by atoms with Crippen molar-refractivity contribution < 1.29 is 4.79 Å². The molecule has 1 aliphatic rings. The maximum atomic E-state index is 12.4. The summed E-state index contributed by atoms with van der Waals surface area (Å²) in [6.07, 6.45) is 0.853. The highest BCUT2D eigenvalue weighted by molar-refractivity contribution is 8.01. The molecule has 0 spiro atoms. The maximum absolute atomic E-state index is 12.4. The molecule has 1 heterocycles. The Hall–Kier alpha value is -1.00. The van der Waals surface area contributed by atoms with E-state index in [0.29, 0.717) is 6.54 Å². The summed E-state index contributed by atoms with van der Waals surface area (Å²) in [7, 11) is 0. The monoisotopic (exact) mass is 250 g/mol. The van der Waals surface area contributed by atoms with Crippen LogP contribution in [0.1, 0.15) is 20.3 Å². The number of anilines is 1. The van der Waals surface area contributed by atoms with Crippen LogP contribution in [0.25, 0.3) is 0 Å². The van der Waals surface area contributed by atoms with Gasteiger partial charge in [0.1, 0.15) is 0 Å². The molecule has 0 radical (unpaired) electrons. The number of hydrogen-bond donors (Lipinski definition) is 1. The zero-order valence-electron chi connectivity index (χ0n) is 10.2. The van der Waals surface area contributed by atoms with Gasteiger partial charge < -0.3 is 10.6 Å². The van der Waals surface area contributed by atoms with E-state index >= 15 is 0 Å². The van der Waals surface area contributed by atoms with Crippen molar-refractivity contribution in [2.75, 3.05) is 11.4 Å². The Morgan fingerprint density at radius 1 is 1.47 bits per heavy atom. The van der Waals surface area contributed by atoms with E-state index in [1.54, 1.807) is 11.8 Å². The number of rotatable bonds is 3. The Kier molecular flexibility index (Phi) is 3.74. The van der Waals surface area contributed by atoms with E-state index in [1.165, 1.54) is 4.90 Å². The van der Waals surface area contributed by atoms with Crippen LogP contribution >= 0.6 is 11.8 Å². The van der Waals surface area contributed by atoms with Crippen molar-refractivity contribution in [3.63, 3.8) is 0 Å². The van der Waals surface area contributed by atoms with Crippen LogP contribution in [-0.2, 0) is 4.79 Å². The second-order valence-corrected chi connectivity index (χ2v) is 5.52. The molecule has 0 fully saturated rings. The van der Waals surface area contributed by atoms with E-state index in [4.69, 9.17) is 5.73 Å². The van der Waals surface area contributed by atoms with Gasteiger partial charge in [-0.05, 0) is 25.5 Å². The average Bonchev–Trinajstić information content (AvgIpc) is 2.37. The van der Waals surface area contributed by atoms with Gasteiger partial charge in [0.15, 0.2) is 0 Å². The van der Waals surface area contributed by atoms with Crippen molar-refractivity contribution in [1.29, 1.82) is 0 Å². The maximum Gasteiger partial charge on any atom is 0.240 e. The van der Waals surface area contributed by atoms with E-state index in [1.807, 2.05) is 30.0 Å². The molecule has 17 heavy (non-hydrogen) atoms. The lowest BCUT2D eigenvalue weighted by Crippen LogP contribution is -2.48. The lowest BCUT2D eigenvalue weighted by molar-refractivity contribution is -0.118. The number of carbonyl (C=O) groups excluding carboxylic acids is 1. The highest BCUT2D eigenvalue weighted by Gasteiger charge is 2.34. The number of fused-ring (bicyclic) bond motifs is 1. The van der Waals surface area contributed by atoms with Gasteiger partial charge >= 0.3 is 0 Å². The number of benzene rings is 1. The molecule has 1 amide bonds. The quantitative estimate of drug-likeness (QED) is 0.895. The first-order chi connectivity index (χ1) is 8.19. The fourth-order valence-corrected chi connectivity index (χ4v) is 3.18. The molecule has 92 valence electrons. The third-order valence-corrected chi connectivity index (χ3v) is 4.48. The molecule has 2 atom stereocenters. The Morgan fingerprint density at radius 2 is 2.18 bits per heavy atom. The fourth-order valence-electron chi connectivity index (χ4n) is 2.05. The van der Waals surface area contributed by atoms with Gasteiger partial charge in [0.2, 0.25) is 5.91 Å². The first-order valence-electron chi connectivity index (χ1n) is 5.97. The topological polar surface area (TPSA) is 46.3 Å². The van der Waals surface area contributed by atoms with Gasteiger partial charge in [0.05, 0.1) is 10.9 Å². The SMILES string of the molecule is CCC1Sc2ccccc2N(C(C)CN)C1=O. The van der Waals surface area contributed by atoms with Crippen LogP contribution in [0, 0.1) is 0 Å². The van der Waals surface area contributed by atoms with E-state index in [2.05, 4.69) is 13.0 Å². The minimum atomic E-state index is 0.0268. The first-order valence-corrected chi connectivity index (χ1v) is 6.85. The van der Waals surface area contributed by atoms with Crippen molar-refractivity contribution in [3.05, 3.63) is 24.3 Å². The summed E-state index contributed by atoms with van der Waals surface area (Å²) in [6, 6.07) is 8.11. The van der Waals surface area contributed by atoms with Gasteiger partial charge in [-0.25, -0.2) is 0 Å². The molecular formula is C13H18N2OS. The first kappa shape index (κ1) is 12.5. The van der Waals surface area contributed by atoms with E-state index < -0.39 is 0 Å². The zero-order valence-corrected chi connectivity index (χ0v) is 11.0. The summed E-state index contributed by atoms with van der Waals surface area (Å²) in [6.45, 7) is 4.54. The summed E-state index contributed by atoms with van der Waals surface area (Å²) in [5, 5.41) is 0.0268. The van der Waals surface area contributed by atoms with Crippen molar-refractivity contribution >= 4 is 23.4 Å². The average molecular weight is 250 g/mol. The van der Waals surface area contributed by atoms with Gasteiger partial charge in [-0.15, -0.1) is 11.8 Å². The lowest BCUT2D eigenvalue weighted by atomic mass is 10.1. The van der Waals surface area contributed by atoms with Gasteiger partial charge in [-0.2, -0.15) is 0 Å². The summed E-state index contributed by atoms with van der Waals surface area (Å²) >= 11 is 1.66. The highest BCUT2D eigenvalue weighted by atomic mass is 32.2. The smallest absolute Gasteiger partial charge is 0.240 e. The van der Waals surface area contributed by atoms with Gasteiger partial charge in [-0.1, -0.05) is 19.1 Å². The highest BCUT2D eigenvalue weighted by Crippen LogP contribution is 2.40. The Labute approximate surface area is 106 Å². The summed E-state index contributed by atoms with van der Waals surface area (Å²) in [5.41, 5.74) is 6.71. The molecule has 2 rings (SSSR count). The number of amides is 1. The van der Waals surface area contributed by atoms with Crippen LogP contribution < -0.4 is 10.6 Å². The number of para-hydroxylation sites is 1. The molecule has 3 nitrogen and oxygen atoms in total. The minimum Gasteiger partial charge on any atom is -0.328 e. The van der Waals surface area contributed by atoms with Gasteiger partial charge in [0.25, 0.3) is 0 Å². The molecule has 2 unspecified atom stereocenters. The molecule has 1 aromatic rings. The zero-order chi connectivity index (χ0) is 12.4. The summed E-state index contributed by atoms with van der Waals surface area (Å²) in [5.74, 6) is 0.189. The second kappa shape index (κ2) is 5.10. The van der Waals surface area contributed by atoms with Crippen molar-refractivity contribution in [2.24, 2.45) is 5.73 Å². The molecule has 4 heteroatoms. The summed E-state index contributed by atoms with van der Waals surface area (Å²) in [4.78, 5) is 15.4. The van der Waals surface area contributed by atoms with Crippen LogP contribution in [-0.4, -0.2) is 23.7 Å². The Balaban J connectivity index is 2.44. The van der Waals surface area contributed by atoms with Gasteiger partial charge in [-0.3, -0.25) is 4.79 Å². The number of hydrogen-bond acceptors (Lipinski definition) is 3. The van der Waals surface area contributed by atoms with Crippen molar-refractivity contribution in [1.82, 2.24) is 0 Å². The summed E-state index contributed by atoms with van der Waals surface area (Å²) < 4.78 is 0. The Bertz CT molecular complexity index is 422. The molecule has 0 saturated heterocycles. The van der Waals surface area contributed by atoms with E-state index in [-0.39, 0.29) is 17.2 Å². The van der Waals surface area contributed by atoms with Crippen LogP contribution in [0.15, 0.2) is 29.2 Å². The molecule has 0 aliphatic carbocycles. The molecule has 2 N–H and O–H groups in total. The van der Waals surface area contributed by atoms with Crippen LogP contribution in [0.4, 0.5) is 5.69 Å². The van der Waals surface area contributed by atoms with E-state index in [9.17, 15) is 4.79 Å². The predicted molar refractivity (Wildman–Crippen MR) is 72.4 cm³/mol. The van der Waals surface area contributed by atoms with Crippen molar-refractivity contribution in [2.45, 2.75) is 36.5 Å². The number of thioether (sulfide) groups is 1. The standard InChI is InChI=1S/C13H18N2OS/c1-3-11-13(16)15(9(2)8-14)10-6-4-5-7-12(10)17-11/h4-7,9,11H,3,8,14H2,1-2H3. The third-order valence-electron chi connectivity index (χ3n) is 3.06. The molecule has 1 aromatic carbocycles. The van der Waals surface area contributed by atoms with E-state index in [0.717, 1.165) is 12.1 Å². The molecule has 0 saturated carbocycles. The van der Waals surface area contributed by atoms with Crippen LogP contribution in [0.3, 0.4) is 0 Å². The molecule has 1 aliphatic heterocycles. The largest absolute Gasteiger partial charge is 0.328 e. The third kappa shape index (κ3) is 2.19. The minimum absolute atomic E-state index is 0.0268. The van der Waals surface area contributed by atoms with Crippen LogP contribution in [0.5, 0.6) is 0 Å².